The SMILES string of the molecule is CCOC(=O)[C@@H](C)[C@@H](O)C(F)(F)F. The Kier molecular flexibility index (Phi) is 4.19. The first-order valence-corrected chi connectivity index (χ1v) is 3.72. The maximum Gasteiger partial charge on any atom is 0.415 e. The van der Waals surface area contributed by atoms with Crippen LogP contribution in [0.5, 0.6) is 0 Å². The van der Waals surface area contributed by atoms with Crippen molar-refractivity contribution >= 4 is 5.97 Å². The van der Waals surface area contributed by atoms with E-state index in [1.807, 2.05) is 0 Å². The second kappa shape index (κ2) is 4.45. The maximum atomic E-state index is 11.8. The minimum atomic E-state index is -4.79. The number of rotatable bonds is 3. The van der Waals surface area contributed by atoms with E-state index in [0.29, 0.717) is 0 Å². The zero-order valence-corrected chi connectivity index (χ0v) is 7.26. The van der Waals surface area contributed by atoms with Crippen molar-refractivity contribution in [3.05, 3.63) is 0 Å². The molecular formula is C7H11F3O3. The Labute approximate surface area is 73.5 Å². The molecule has 0 radical (unpaired) electrons. The molecule has 0 fully saturated rings. The average Bonchev–Trinajstić information content (AvgIpc) is 2.00. The summed E-state index contributed by atoms with van der Waals surface area (Å²) in [6.45, 7) is 2.44. The molecule has 0 heterocycles. The summed E-state index contributed by atoms with van der Waals surface area (Å²) in [5, 5.41) is 8.63. The van der Waals surface area contributed by atoms with Crippen LogP contribution in [0.4, 0.5) is 13.2 Å². The van der Waals surface area contributed by atoms with E-state index in [2.05, 4.69) is 4.74 Å². The van der Waals surface area contributed by atoms with Crippen molar-refractivity contribution in [1.82, 2.24) is 0 Å². The molecule has 0 aliphatic carbocycles. The van der Waals surface area contributed by atoms with Gasteiger partial charge in [0.25, 0.3) is 0 Å². The number of hydrogen-bond acceptors (Lipinski definition) is 3. The lowest BCUT2D eigenvalue weighted by atomic mass is 10.1. The summed E-state index contributed by atoms with van der Waals surface area (Å²) in [6.07, 6.45) is -7.45. The van der Waals surface area contributed by atoms with Gasteiger partial charge >= 0.3 is 12.1 Å². The molecule has 0 bridgehead atoms. The van der Waals surface area contributed by atoms with Crippen molar-refractivity contribution in [2.45, 2.75) is 26.1 Å². The van der Waals surface area contributed by atoms with E-state index in [0.717, 1.165) is 6.92 Å². The lowest BCUT2D eigenvalue weighted by Gasteiger charge is -2.19. The summed E-state index contributed by atoms with van der Waals surface area (Å²) in [4.78, 5) is 10.7. The van der Waals surface area contributed by atoms with E-state index in [9.17, 15) is 18.0 Å². The topological polar surface area (TPSA) is 46.5 Å². The molecule has 0 spiro atoms. The van der Waals surface area contributed by atoms with Crippen molar-refractivity contribution in [2.75, 3.05) is 6.61 Å². The van der Waals surface area contributed by atoms with Gasteiger partial charge in [-0.1, -0.05) is 0 Å². The lowest BCUT2D eigenvalue weighted by molar-refractivity contribution is -0.222. The molecule has 2 atom stereocenters. The fourth-order valence-electron chi connectivity index (χ4n) is 0.686. The molecule has 0 aromatic heterocycles. The van der Waals surface area contributed by atoms with Crippen molar-refractivity contribution in [2.24, 2.45) is 5.92 Å². The standard InChI is InChI=1S/C7H11F3O3/c1-3-13-6(12)4(2)5(11)7(8,9)10/h4-5,11H,3H2,1-2H3/t4-,5+/m0/s1. The summed E-state index contributed by atoms with van der Waals surface area (Å²) in [5.41, 5.74) is 0. The quantitative estimate of drug-likeness (QED) is 0.694. The summed E-state index contributed by atoms with van der Waals surface area (Å²) in [6, 6.07) is 0. The minimum Gasteiger partial charge on any atom is -0.466 e. The van der Waals surface area contributed by atoms with Gasteiger partial charge in [-0.25, -0.2) is 0 Å². The van der Waals surface area contributed by atoms with E-state index in [1.165, 1.54) is 6.92 Å². The summed E-state index contributed by atoms with van der Waals surface area (Å²) < 4.78 is 39.8. The van der Waals surface area contributed by atoms with Crippen molar-refractivity contribution in [3.8, 4) is 0 Å². The van der Waals surface area contributed by atoms with E-state index < -0.39 is 24.2 Å². The Balaban J connectivity index is 4.25. The molecule has 1 N–H and O–H groups in total. The highest BCUT2D eigenvalue weighted by atomic mass is 19.4. The predicted octanol–water partition coefficient (Wildman–Crippen LogP) is 1.11. The smallest absolute Gasteiger partial charge is 0.415 e. The molecule has 0 aromatic carbocycles. The van der Waals surface area contributed by atoms with Crippen LogP contribution in [0.25, 0.3) is 0 Å². The second-order valence-electron chi connectivity index (χ2n) is 2.53. The molecule has 0 amide bonds. The Morgan fingerprint density at radius 1 is 1.54 bits per heavy atom. The van der Waals surface area contributed by atoms with Crippen LogP contribution in [-0.4, -0.2) is 30.0 Å². The second-order valence-corrected chi connectivity index (χ2v) is 2.53. The number of carbonyl (C=O) groups excluding carboxylic acids is 1. The number of hydrogen-bond donors (Lipinski definition) is 1. The molecule has 0 aliphatic rings. The van der Waals surface area contributed by atoms with Crippen LogP contribution < -0.4 is 0 Å². The van der Waals surface area contributed by atoms with Crippen LogP contribution in [-0.2, 0) is 9.53 Å². The molecule has 0 saturated carbocycles. The van der Waals surface area contributed by atoms with Crippen molar-refractivity contribution in [3.63, 3.8) is 0 Å². The molecule has 6 heteroatoms. The highest BCUT2D eigenvalue weighted by molar-refractivity contribution is 5.72. The monoisotopic (exact) mass is 200 g/mol. The normalized spacial score (nSPS) is 16.5. The number of aliphatic hydroxyl groups excluding tert-OH is 1. The number of aliphatic hydroxyl groups is 1. The first kappa shape index (κ1) is 12.2. The van der Waals surface area contributed by atoms with Crippen LogP contribution in [0.3, 0.4) is 0 Å². The van der Waals surface area contributed by atoms with E-state index >= 15 is 0 Å². The number of carbonyl (C=O) groups is 1. The van der Waals surface area contributed by atoms with Crippen molar-refractivity contribution in [1.29, 1.82) is 0 Å². The van der Waals surface area contributed by atoms with Gasteiger partial charge in [0.15, 0.2) is 6.10 Å². The number of ether oxygens (including phenoxy) is 1. The van der Waals surface area contributed by atoms with Crippen LogP contribution in [0, 0.1) is 5.92 Å². The van der Waals surface area contributed by atoms with E-state index in [4.69, 9.17) is 5.11 Å². The lowest BCUT2D eigenvalue weighted by Crippen LogP contribution is -2.39. The molecule has 0 unspecified atom stereocenters. The van der Waals surface area contributed by atoms with Crippen molar-refractivity contribution < 1.29 is 27.8 Å². The van der Waals surface area contributed by atoms with Gasteiger partial charge in [0, 0.05) is 0 Å². The van der Waals surface area contributed by atoms with E-state index in [1.54, 1.807) is 0 Å². The Morgan fingerprint density at radius 2 is 2.00 bits per heavy atom. The largest absolute Gasteiger partial charge is 0.466 e. The third-order valence-electron chi connectivity index (χ3n) is 1.47. The molecular weight excluding hydrogens is 189 g/mol. The van der Waals surface area contributed by atoms with Gasteiger partial charge in [0.05, 0.1) is 12.5 Å². The third kappa shape index (κ3) is 3.63. The summed E-state index contributed by atoms with van der Waals surface area (Å²) >= 11 is 0. The summed E-state index contributed by atoms with van der Waals surface area (Å²) in [7, 11) is 0. The zero-order valence-electron chi connectivity index (χ0n) is 7.26. The highest BCUT2D eigenvalue weighted by Crippen LogP contribution is 2.25. The van der Waals surface area contributed by atoms with Gasteiger partial charge in [-0.05, 0) is 13.8 Å². The molecule has 0 aliphatic heterocycles. The number of alkyl halides is 3. The minimum absolute atomic E-state index is 0.00620. The highest BCUT2D eigenvalue weighted by Gasteiger charge is 2.44. The maximum absolute atomic E-state index is 11.8. The van der Waals surface area contributed by atoms with Crippen LogP contribution in [0.1, 0.15) is 13.8 Å². The molecule has 0 saturated heterocycles. The summed E-state index contributed by atoms with van der Waals surface area (Å²) in [5.74, 6) is -2.63. The van der Waals surface area contributed by atoms with Gasteiger partial charge in [0.2, 0.25) is 0 Å². The average molecular weight is 200 g/mol. The van der Waals surface area contributed by atoms with Gasteiger partial charge in [-0.3, -0.25) is 4.79 Å². The first-order chi connectivity index (χ1) is 5.80. The first-order valence-electron chi connectivity index (χ1n) is 3.72. The van der Waals surface area contributed by atoms with Crippen LogP contribution in [0.2, 0.25) is 0 Å². The molecule has 78 valence electrons. The Bertz CT molecular complexity index is 178. The van der Waals surface area contributed by atoms with Gasteiger partial charge < -0.3 is 9.84 Å². The van der Waals surface area contributed by atoms with Gasteiger partial charge in [-0.2, -0.15) is 13.2 Å². The van der Waals surface area contributed by atoms with Gasteiger partial charge in [0.1, 0.15) is 0 Å². The predicted molar refractivity (Wildman–Crippen MR) is 37.9 cm³/mol. The number of halogens is 3. The number of esters is 1. The van der Waals surface area contributed by atoms with Gasteiger partial charge in [-0.15, -0.1) is 0 Å². The Hall–Kier alpha value is -0.780. The van der Waals surface area contributed by atoms with Crippen LogP contribution in [0.15, 0.2) is 0 Å². The molecule has 13 heavy (non-hydrogen) atoms. The fraction of sp³-hybridized carbons (Fsp3) is 0.857. The zero-order chi connectivity index (χ0) is 10.6. The molecule has 3 nitrogen and oxygen atoms in total. The molecule has 0 aromatic rings. The van der Waals surface area contributed by atoms with E-state index in [-0.39, 0.29) is 6.61 Å². The van der Waals surface area contributed by atoms with Crippen LogP contribution >= 0.6 is 0 Å². The molecule has 0 rings (SSSR count). The fourth-order valence-corrected chi connectivity index (χ4v) is 0.686. The Morgan fingerprint density at radius 3 is 2.31 bits per heavy atom. The third-order valence-corrected chi connectivity index (χ3v) is 1.47.